The van der Waals surface area contributed by atoms with Gasteiger partial charge in [-0.3, -0.25) is 4.90 Å². The molecule has 0 spiro atoms. The summed E-state index contributed by atoms with van der Waals surface area (Å²) >= 11 is 0. The minimum atomic E-state index is 0.623. The number of nitrogens with zero attached hydrogens (tertiary/aromatic N) is 1. The van der Waals surface area contributed by atoms with E-state index in [4.69, 9.17) is 4.74 Å². The molecule has 1 heterocycles. The molecule has 0 aromatic carbocycles. The zero-order valence-electron chi connectivity index (χ0n) is 9.75. The quantitative estimate of drug-likeness (QED) is 0.719. The lowest BCUT2D eigenvalue weighted by atomic mass is 10.1. The second-order valence-corrected chi connectivity index (χ2v) is 4.17. The fourth-order valence-electron chi connectivity index (χ4n) is 1.95. The third kappa shape index (κ3) is 3.56. The molecule has 0 aromatic heterocycles. The molecule has 1 fully saturated rings. The number of ether oxygens (including phenoxy) is 1. The van der Waals surface area contributed by atoms with Crippen LogP contribution in [0.3, 0.4) is 0 Å². The smallest absolute Gasteiger partial charge is 0.0480 e. The predicted octanol–water partition coefficient (Wildman–Crippen LogP) is 1.10. The van der Waals surface area contributed by atoms with Crippen LogP contribution in [0.25, 0.3) is 0 Å². The predicted molar refractivity (Wildman–Crippen MR) is 59.6 cm³/mol. The monoisotopic (exact) mass is 200 g/mol. The van der Waals surface area contributed by atoms with E-state index in [-0.39, 0.29) is 0 Å². The molecule has 3 nitrogen and oxygen atoms in total. The maximum atomic E-state index is 5.37. The summed E-state index contributed by atoms with van der Waals surface area (Å²) < 4.78 is 5.37. The standard InChI is InChI=1S/C11H24N2O/c1-4-12-9-10(2)13(3)11-5-7-14-8-6-11/h10-12H,4-9H2,1-3H3. The first-order valence-corrected chi connectivity index (χ1v) is 5.76. The third-order valence-electron chi connectivity index (χ3n) is 3.15. The van der Waals surface area contributed by atoms with Crippen molar-refractivity contribution < 1.29 is 4.74 Å². The average Bonchev–Trinajstić information content (AvgIpc) is 2.26. The molecule has 1 aliphatic rings. The highest BCUT2D eigenvalue weighted by molar-refractivity contribution is 4.77. The van der Waals surface area contributed by atoms with Gasteiger partial charge in [0.1, 0.15) is 0 Å². The molecule has 3 heteroatoms. The van der Waals surface area contributed by atoms with Crippen molar-refractivity contribution >= 4 is 0 Å². The molecule has 1 unspecified atom stereocenters. The zero-order valence-corrected chi connectivity index (χ0v) is 9.75. The van der Waals surface area contributed by atoms with Crippen LogP contribution in [0.5, 0.6) is 0 Å². The molecule has 0 amide bonds. The van der Waals surface area contributed by atoms with Crippen LogP contribution < -0.4 is 5.32 Å². The van der Waals surface area contributed by atoms with Crippen LogP contribution in [-0.2, 0) is 4.74 Å². The van der Waals surface area contributed by atoms with Gasteiger partial charge >= 0.3 is 0 Å². The lowest BCUT2D eigenvalue weighted by Gasteiger charge is -2.35. The molecular formula is C11H24N2O. The van der Waals surface area contributed by atoms with Crippen LogP contribution in [0.4, 0.5) is 0 Å². The van der Waals surface area contributed by atoms with E-state index in [9.17, 15) is 0 Å². The topological polar surface area (TPSA) is 24.5 Å². The average molecular weight is 200 g/mol. The van der Waals surface area contributed by atoms with Crippen molar-refractivity contribution in [2.75, 3.05) is 33.4 Å². The summed E-state index contributed by atoms with van der Waals surface area (Å²) in [6, 6.07) is 1.34. The molecule has 0 aromatic rings. The molecule has 14 heavy (non-hydrogen) atoms. The summed E-state index contributed by atoms with van der Waals surface area (Å²) in [6.07, 6.45) is 2.37. The van der Waals surface area contributed by atoms with Crippen molar-refractivity contribution in [3.63, 3.8) is 0 Å². The normalized spacial score (nSPS) is 21.4. The highest BCUT2D eigenvalue weighted by Gasteiger charge is 2.21. The molecule has 1 saturated heterocycles. The number of hydrogen-bond donors (Lipinski definition) is 1. The molecule has 0 radical (unpaired) electrons. The SMILES string of the molecule is CCNCC(C)N(C)C1CCOCC1. The minimum absolute atomic E-state index is 0.623. The fraction of sp³-hybridized carbons (Fsp3) is 1.00. The Morgan fingerprint density at radius 2 is 2.07 bits per heavy atom. The van der Waals surface area contributed by atoms with Crippen molar-refractivity contribution in [2.24, 2.45) is 0 Å². The van der Waals surface area contributed by atoms with E-state index in [1.807, 2.05) is 0 Å². The summed E-state index contributed by atoms with van der Waals surface area (Å²) in [7, 11) is 2.23. The second kappa shape index (κ2) is 6.38. The molecule has 1 atom stereocenters. The summed E-state index contributed by atoms with van der Waals surface area (Å²) in [6.45, 7) is 8.46. The Morgan fingerprint density at radius 3 is 2.64 bits per heavy atom. The summed E-state index contributed by atoms with van der Waals surface area (Å²) in [5, 5.41) is 3.40. The van der Waals surface area contributed by atoms with E-state index in [2.05, 4.69) is 31.1 Å². The highest BCUT2D eigenvalue weighted by atomic mass is 16.5. The van der Waals surface area contributed by atoms with E-state index < -0.39 is 0 Å². The minimum Gasteiger partial charge on any atom is -0.381 e. The maximum absolute atomic E-state index is 5.37. The van der Waals surface area contributed by atoms with Gasteiger partial charge in [-0.1, -0.05) is 6.92 Å². The van der Waals surface area contributed by atoms with E-state index in [0.29, 0.717) is 6.04 Å². The Bertz CT molecular complexity index is 146. The van der Waals surface area contributed by atoms with Crippen molar-refractivity contribution in [1.82, 2.24) is 10.2 Å². The number of rotatable bonds is 5. The maximum Gasteiger partial charge on any atom is 0.0480 e. The Morgan fingerprint density at radius 1 is 1.43 bits per heavy atom. The summed E-state index contributed by atoms with van der Waals surface area (Å²) in [5.74, 6) is 0. The van der Waals surface area contributed by atoms with Crippen molar-refractivity contribution in [3.8, 4) is 0 Å². The van der Waals surface area contributed by atoms with E-state index in [1.54, 1.807) is 0 Å². The van der Waals surface area contributed by atoms with Crippen molar-refractivity contribution in [3.05, 3.63) is 0 Å². The van der Waals surface area contributed by atoms with Crippen LogP contribution in [0.1, 0.15) is 26.7 Å². The van der Waals surface area contributed by atoms with E-state index in [1.165, 1.54) is 12.8 Å². The molecule has 1 rings (SSSR count). The van der Waals surface area contributed by atoms with Crippen LogP contribution in [0, 0.1) is 0 Å². The first-order chi connectivity index (χ1) is 6.75. The van der Waals surface area contributed by atoms with E-state index in [0.717, 1.165) is 32.3 Å². The van der Waals surface area contributed by atoms with Crippen molar-refractivity contribution in [2.45, 2.75) is 38.8 Å². The van der Waals surface area contributed by atoms with Gasteiger partial charge in [-0.15, -0.1) is 0 Å². The molecule has 0 aliphatic carbocycles. The van der Waals surface area contributed by atoms with Gasteiger partial charge < -0.3 is 10.1 Å². The second-order valence-electron chi connectivity index (χ2n) is 4.17. The zero-order chi connectivity index (χ0) is 10.4. The molecule has 0 bridgehead atoms. The molecule has 1 N–H and O–H groups in total. The van der Waals surface area contributed by atoms with Gasteiger partial charge in [0.15, 0.2) is 0 Å². The Labute approximate surface area is 87.8 Å². The lowest BCUT2D eigenvalue weighted by molar-refractivity contribution is 0.0313. The summed E-state index contributed by atoms with van der Waals surface area (Å²) in [5.41, 5.74) is 0. The van der Waals surface area contributed by atoms with Crippen LogP contribution in [-0.4, -0.2) is 50.3 Å². The highest BCUT2D eigenvalue weighted by Crippen LogP contribution is 2.14. The lowest BCUT2D eigenvalue weighted by Crippen LogP contribution is -2.46. The Kier molecular flexibility index (Phi) is 5.45. The van der Waals surface area contributed by atoms with Gasteiger partial charge in [-0.25, -0.2) is 0 Å². The Balaban J connectivity index is 2.26. The molecular weight excluding hydrogens is 176 g/mol. The fourth-order valence-corrected chi connectivity index (χ4v) is 1.95. The first kappa shape index (κ1) is 12.0. The van der Waals surface area contributed by atoms with Gasteiger partial charge in [-0.2, -0.15) is 0 Å². The number of hydrogen-bond acceptors (Lipinski definition) is 3. The van der Waals surface area contributed by atoms with Crippen LogP contribution in [0.2, 0.25) is 0 Å². The van der Waals surface area contributed by atoms with Crippen LogP contribution in [0.15, 0.2) is 0 Å². The summed E-state index contributed by atoms with van der Waals surface area (Å²) in [4.78, 5) is 2.49. The number of likely N-dealkylation sites (N-methyl/N-ethyl adjacent to an activating group) is 2. The van der Waals surface area contributed by atoms with Gasteiger partial charge in [0, 0.05) is 31.8 Å². The largest absolute Gasteiger partial charge is 0.381 e. The van der Waals surface area contributed by atoms with Gasteiger partial charge in [0.2, 0.25) is 0 Å². The number of nitrogens with one attached hydrogen (secondary N) is 1. The van der Waals surface area contributed by atoms with Gasteiger partial charge in [0.05, 0.1) is 0 Å². The third-order valence-corrected chi connectivity index (χ3v) is 3.15. The molecule has 1 aliphatic heterocycles. The van der Waals surface area contributed by atoms with Gasteiger partial charge in [0.25, 0.3) is 0 Å². The van der Waals surface area contributed by atoms with Gasteiger partial charge in [-0.05, 0) is 33.4 Å². The molecule has 0 saturated carbocycles. The van der Waals surface area contributed by atoms with E-state index >= 15 is 0 Å². The van der Waals surface area contributed by atoms with Crippen LogP contribution >= 0.6 is 0 Å². The Hall–Kier alpha value is -0.120. The first-order valence-electron chi connectivity index (χ1n) is 5.76. The molecule has 84 valence electrons. The van der Waals surface area contributed by atoms with Crippen molar-refractivity contribution in [1.29, 1.82) is 0 Å².